The Labute approximate surface area is 219 Å². The van der Waals surface area contributed by atoms with E-state index < -0.39 is 23.1 Å². The molecule has 2 aromatic carbocycles. The first kappa shape index (κ1) is 24.0. The second-order valence-corrected chi connectivity index (χ2v) is 8.77. The van der Waals surface area contributed by atoms with E-state index in [1.165, 1.54) is 47.2 Å². The lowest BCUT2D eigenvalue weighted by molar-refractivity contribution is 0.102. The molecule has 10 heteroatoms. The Balaban J connectivity index is 1.32. The second-order valence-electron chi connectivity index (χ2n) is 8.77. The number of carbonyl (C=O) groups is 1. The standard InChI is InChI=1S/C29H19F2N5O3/c1-35-13-10-21-24(9-12-33-27(21)35)39-25-8-7-19(16-23(25)31)34-28(37)22-14-17-4-3-11-32-26(17)36(29(22)38)20-6-2-5-18(30)15-20/h2-16H,1H3,(H,34,37). The summed E-state index contributed by atoms with van der Waals surface area (Å²) in [5.41, 5.74) is 0.368. The monoisotopic (exact) mass is 523 g/mol. The van der Waals surface area contributed by atoms with Crippen LogP contribution in [0, 0.1) is 11.6 Å². The van der Waals surface area contributed by atoms with Crippen molar-refractivity contribution >= 4 is 33.7 Å². The van der Waals surface area contributed by atoms with Gasteiger partial charge in [-0.05, 0) is 60.7 Å². The SMILES string of the molecule is Cn1ccc2c(Oc3ccc(NC(=O)c4cc5cccnc5n(-c5cccc(F)c5)c4=O)cc3F)ccnc21. The number of halogens is 2. The average Bonchev–Trinajstić information content (AvgIpc) is 3.31. The van der Waals surface area contributed by atoms with Crippen LogP contribution in [0.25, 0.3) is 27.8 Å². The van der Waals surface area contributed by atoms with E-state index in [2.05, 4.69) is 15.3 Å². The summed E-state index contributed by atoms with van der Waals surface area (Å²) in [6, 6.07) is 17.6. The number of pyridine rings is 3. The summed E-state index contributed by atoms with van der Waals surface area (Å²) >= 11 is 0. The molecule has 0 saturated carbocycles. The van der Waals surface area contributed by atoms with E-state index >= 15 is 0 Å². The van der Waals surface area contributed by atoms with Crippen LogP contribution in [0.3, 0.4) is 0 Å². The third-order valence-corrected chi connectivity index (χ3v) is 6.21. The first-order valence-electron chi connectivity index (χ1n) is 11.8. The van der Waals surface area contributed by atoms with E-state index in [0.29, 0.717) is 16.8 Å². The largest absolute Gasteiger partial charge is 0.453 e. The van der Waals surface area contributed by atoms with E-state index in [1.54, 1.807) is 30.5 Å². The summed E-state index contributed by atoms with van der Waals surface area (Å²) in [5, 5.41) is 3.77. The molecule has 0 aliphatic carbocycles. The Kier molecular flexibility index (Phi) is 5.84. The predicted octanol–water partition coefficient (Wildman–Crippen LogP) is 5.60. The fraction of sp³-hybridized carbons (Fsp3) is 0.0345. The molecule has 4 heterocycles. The van der Waals surface area contributed by atoms with Gasteiger partial charge in [0.05, 0.1) is 11.1 Å². The fourth-order valence-corrected chi connectivity index (χ4v) is 4.37. The van der Waals surface area contributed by atoms with Crippen molar-refractivity contribution in [3.8, 4) is 17.2 Å². The Bertz CT molecular complexity index is 1970. The highest BCUT2D eigenvalue weighted by molar-refractivity contribution is 6.05. The predicted molar refractivity (Wildman–Crippen MR) is 142 cm³/mol. The normalized spacial score (nSPS) is 11.2. The molecular formula is C29H19F2N5O3. The average molecular weight is 523 g/mol. The number of hydrogen-bond acceptors (Lipinski definition) is 5. The van der Waals surface area contributed by atoms with Crippen LogP contribution < -0.4 is 15.6 Å². The van der Waals surface area contributed by atoms with Crippen LogP contribution in [0.1, 0.15) is 10.4 Å². The molecule has 1 N–H and O–H groups in total. The number of amides is 1. The maximum absolute atomic E-state index is 15.0. The summed E-state index contributed by atoms with van der Waals surface area (Å²) in [4.78, 5) is 35.1. The molecule has 0 unspecified atom stereocenters. The third-order valence-electron chi connectivity index (χ3n) is 6.21. The molecule has 1 amide bonds. The molecule has 0 atom stereocenters. The smallest absolute Gasteiger partial charge is 0.269 e. The summed E-state index contributed by atoms with van der Waals surface area (Å²) < 4.78 is 37.7. The van der Waals surface area contributed by atoms with Crippen LogP contribution >= 0.6 is 0 Å². The molecule has 0 aliphatic heterocycles. The number of aromatic nitrogens is 4. The van der Waals surface area contributed by atoms with Crippen molar-refractivity contribution in [3.05, 3.63) is 119 Å². The summed E-state index contributed by atoms with van der Waals surface area (Å²) in [6.07, 6.45) is 4.89. The van der Waals surface area contributed by atoms with Crippen LogP contribution in [0.15, 0.2) is 96.2 Å². The summed E-state index contributed by atoms with van der Waals surface area (Å²) in [6.45, 7) is 0. The molecule has 192 valence electrons. The van der Waals surface area contributed by atoms with Crippen molar-refractivity contribution in [2.75, 3.05) is 5.32 Å². The minimum absolute atomic E-state index is 0.0467. The Morgan fingerprint density at radius 2 is 1.74 bits per heavy atom. The number of nitrogens with one attached hydrogen (secondary N) is 1. The third kappa shape index (κ3) is 4.37. The van der Waals surface area contributed by atoms with E-state index in [9.17, 15) is 18.4 Å². The summed E-state index contributed by atoms with van der Waals surface area (Å²) in [5.74, 6) is -1.64. The minimum atomic E-state index is -0.760. The number of benzene rings is 2. The van der Waals surface area contributed by atoms with Gasteiger partial charge in [-0.3, -0.25) is 14.2 Å². The number of carbonyl (C=O) groups excluding carboxylic acids is 1. The lowest BCUT2D eigenvalue weighted by atomic mass is 10.1. The molecule has 0 aliphatic rings. The van der Waals surface area contributed by atoms with Gasteiger partial charge in [0.1, 0.15) is 28.4 Å². The van der Waals surface area contributed by atoms with E-state index in [-0.39, 0.29) is 28.3 Å². The van der Waals surface area contributed by atoms with Crippen molar-refractivity contribution in [2.24, 2.45) is 7.05 Å². The molecule has 0 spiro atoms. The number of anilines is 1. The van der Waals surface area contributed by atoms with E-state index in [4.69, 9.17) is 4.74 Å². The molecule has 0 radical (unpaired) electrons. The Morgan fingerprint density at radius 1 is 0.897 bits per heavy atom. The van der Waals surface area contributed by atoms with Crippen molar-refractivity contribution in [2.45, 2.75) is 0 Å². The first-order valence-corrected chi connectivity index (χ1v) is 11.8. The molecule has 6 aromatic rings. The number of fused-ring (bicyclic) bond motifs is 2. The molecule has 0 bridgehead atoms. The van der Waals surface area contributed by atoms with Gasteiger partial charge in [-0.15, -0.1) is 0 Å². The quantitative estimate of drug-likeness (QED) is 0.318. The molecule has 39 heavy (non-hydrogen) atoms. The van der Waals surface area contributed by atoms with Gasteiger partial charge >= 0.3 is 0 Å². The van der Waals surface area contributed by atoms with Crippen molar-refractivity contribution in [1.29, 1.82) is 0 Å². The van der Waals surface area contributed by atoms with Gasteiger partial charge in [-0.2, -0.15) is 0 Å². The molecule has 8 nitrogen and oxygen atoms in total. The van der Waals surface area contributed by atoms with Crippen LogP contribution in [0.4, 0.5) is 14.5 Å². The molecular weight excluding hydrogens is 504 g/mol. The Hall–Kier alpha value is -5.38. The van der Waals surface area contributed by atoms with Gasteiger partial charge in [0.15, 0.2) is 11.6 Å². The van der Waals surface area contributed by atoms with Gasteiger partial charge in [0.25, 0.3) is 11.5 Å². The van der Waals surface area contributed by atoms with Crippen molar-refractivity contribution in [3.63, 3.8) is 0 Å². The van der Waals surface area contributed by atoms with Gasteiger partial charge in [-0.1, -0.05) is 6.07 Å². The highest BCUT2D eigenvalue weighted by Crippen LogP contribution is 2.31. The zero-order valence-corrected chi connectivity index (χ0v) is 20.4. The van der Waals surface area contributed by atoms with Gasteiger partial charge in [0, 0.05) is 42.8 Å². The lowest BCUT2D eigenvalue weighted by Gasteiger charge is -2.13. The zero-order chi connectivity index (χ0) is 27.1. The van der Waals surface area contributed by atoms with Crippen LogP contribution in [-0.4, -0.2) is 25.0 Å². The lowest BCUT2D eigenvalue weighted by Crippen LogP contribution is -2.29. The molecule has 0 fully saturated rings. The van der Waals surface area contributed by atoms with Crippen molar-refractivity contribution < 1.29 is 18.3 Å². The van der Waals surface area contributed by atoms with Crippen LogP contribution in [-0.2, 0) is 7.05 Å². The topological polar surface area (TPSA) is 91.0 Å². The fourth-order valence-electron chi connectivity index (χ4n) is 4.37. The van der Waals surface area contributed by atoms with Gasteiger partial charge < -0.3 is 14.6 Å². The van der Waals surface area contributed by atoms with Crippen molar-refractivity contribution in [1.82, 2.24) is 19.1 Å². The first-order chi connectivity index (χ1) is 18.9. The van der Waals surface area contributed by atoms with Gasteiger partial charge in [0.2, 0.25) is 0 Å². The number of rotatable bonds is 5. The molecule has 0 saturated heterocycles. The maximum Gasteiger partial charge on any atom is 0.269 e. The number of aryl methyl sites for hydroxylation is 1. The summed E-state index contributed by atoms with van der Waals surface area (Å²) in [7, 11) is 1.84. The van der Waals surface area contributed by atoms with Gasteiger partial charge in [-0.25, -0.2) is 18.7 Å². The number of hydrogen-bond donors (Lipinski definition) is 1. The molecule has 4 aromatic heterocycles. The highest BCUT2D eigenvalue weighted by Gasteiger charge is 2.19. The van der Waals surface area contributed by atoms with E-state index in [0.717, 1.165) is 11.5 Å². The number of ether oxygens (including phenoxy) is 1. The van der Waals surface area contributed by atoms with Crippen LogP contribution in [0.2, 0.25) is 0 Å². The zero-order valence-electron chi connectivity index (χ0n) is 20.4. The second kappa shape index (κ2) is 9.49. The Morgan fingerprint density at radius 3 is 2.56 bits per heavy atom. The van der Waals surface area contributed by atoms with E-state index in [1.807, 2.05) is 23.9 Å². The minimum Gasteiger partial charge on any atom is -0.453 e. The number of nitrogens with zero attached hydrogens (tertiary/aromatic N) is 4. The maximum atomic E-state index is 15.0. The molecule has 6 rings (SSSR count). The highest BCUT2D eigenvalue weighted by atomic mass is 19.1. The van der Waals surface area contributed by atoms with Crippen LogP contribution in [0.5, 0.6) is 11.5 Å².